The second-order valence-corrected chi connectivity index (χ2v) is 8.92. The lowest BCUT2D eigenvalue weighted by Gasteiger charge is -2.31. The maximum Gasteiger partial charge on any atom is 0.327 e. The van der Waals surface area contributed by atoms with Crippen molar-refractivity contribution in [2.75, 3.05) is 26.7 Å². The summed E-state index contributed by atoms with van der Waals surface area (Å²) in [6.45, 7) is 1.70. The Balaban J connectivity index is 1.52. The van der Waals surface area contributed by atoms with Crippen molar-refractivity contribution < 1.29 is 27.8 Å². The van der Waals surface area contributed by atoms with Crippen molar-refractivity contribution in [2.45, 2.75) is 43.8 Å². The molecule has 2 N–H and O–H groups in total. The molecule has 4 rings (SSSR count). The molecule has 2 aromatic carbocycles. The Morgan fingerprint density at radius 3 is 2.39 bits per heavy atom. The van der Waals surface area contributed by atoms with E-state index in [-0.39, 0.29) is 30.7 Å². The molecule has 2 aromatic rings. The normalized spacial score (nSPS) is 18.7. The maximum atomic E-state index is 15.2. The molecule has 0 radical (unpaired) electrons. The molecular formula is C25H29F3N2O3. The number of likely N-dealkylation sites (tertiary alicyclic amines) is 1. The van der Waals surface area contributed by atoms with Crippen molar-refractivity contribution in [3.63, 3.8) is 0 Å². The second kappa shape index (κ2) is 9.73. The summed E-state index contributed by atoms with van der Waals surface area (Å²) < 4.78 is 49.5. The molecular weight excluding hydrogens is 433 g/mol. The number of methoxy groups -OCH3 is 1. The van der Waals surface area contributed by atoms with Crippen molar-refractivity contribution >= 4 is 5.91 Å². The number of carbonyl (C=O) groups is 1. The van der Waals surface area contributed by atoms with Crippen LogP contribution in [0.25, 0.3) is 0 Å². The van der Waals surface area contributed by atoms with Crippen LogP contribution in [0.2, 0.25) is 0 Å². The summed E-state index contributed by atoms with van der Waals surface area (Å²) in [6, 6.07) is 10.2. The fraction of sp³-hybridized carbons (Fsp3) is 0.480. The molecule has 0 bridgehead atoms. The van der Waals surface area contributed by atoms with Gasteiger partial charge in [0.15, 0.2) is 11.6 Å². The van der Waals surface area contributed by atoms with Crippen molar-refractivity contribution in [3.8, 4) is 5.75 Å². The molecule has 2 aliphatic rings. The molecule has 8 heteroatoms. The van der Waals surface area contributed by atoms with Crippen LogP contribution in [-0.4, -0.2) is 54.6 Å². The highest BCUT2D eigenvalue weighted by molar-refractivity contribution is 5.84. The molecule has 1 aliphatic carbocycles. The van der Waals surface area contributed by atoms with Gasteiger partial charge in [-0.1, -0.05) is 30.3 Å². The lowest BCUT2D eigenvalue weighted by Crippen LogP contribution is -2.54. The number of aliphatic hydroxyl groups is 1. The van der Waals surface area contributed by atoms with Gasteiger partial charge in [0.05, 0.1) is 13.2 Å². The molecule has 1 amide bonds. The van der Waals surface area contributed by atoms with E-state index in [4.69, 9.17) is 4.74 Å². The van der Waals surface area contributed by atoms with Crippen molar-refractivity contribution in [1.29, 1.82) is 0 Å². The van der Waals surface area contributed by atoms with Crippen molar-refractivity contribution in [3.05, 3.63) is 65.0 Å². The number of carbonyl (C=O) groups excluding carboxylic acids is 1. The first kappa shape index (κ1) is 23.6. The first-order valence-corrected chi connectivity index (χ1v) is 11.3. The minimum Gasteiger partial charge on any atom is -0.494 e. The predicted molar refractivity (Wildman–Crippen MR) is 118 cm³/mol. The monoisotopic (exact) mass is 462 g/mol. The van der Waals surface area contributed by atoms with Crippen molar-refractivity contribution in [2.24, 2.45) is 5.92 Å². The van der Waals surface area contributed by atoms with E-state index in [0.717, 1.165) is 43.1 Å². The van der Waals surface area contributed by atoms with Gasteiger partial charge in [-0.15, -0.1) is 0 Å². The highest BCUT2D eigenvalue weighted by Crippen LogP contribution is 2.37. The Morgan fingerprint density at radius 1 is 1.18 bits per heavy atom. The highest BCUT2D eigenvalue weighted by Gasteiger charge is 2.50. The number of ether oxygens (including phenoxy) is 1. The number of halogens is 3. The van der Waals surface area contributed by atoms with E-state index in [2.05, 4.69) is 5.32 Å². The van der Waals surface area contributed by atoms with Crippen LogP contribution in [0.4, 0.5) is 13.2 Å². The maximum absolute atomic E-state index is 15.2. The topological polar surface area (TPSA) is 61.8 Å². The minimum absolute atomic E-state index is 0.0124. The zero-order chi connectivity index (χ0) is 23.6. The molecule has 33 heavy (non-hydrogen) atoms. The zero-order valence-corrected chi connectivity index (χ0v) is 18.6. The number of amides is 1. The zero-order valence-electron chi connectivity index (χ0n) is 18.6. The van der Waals surface area contributed by atoms with Crippen LogP contribution >= 0.6 is 0 Å². The van der Waals surface area contributed by atoms with Gasteiger partial charge in [0.1, 0.15) is 6.10 Å². The molecule has 5 nitrogen and oxygen atoms in total. The van der Waals surface area contributed by atoms with Gasteiger partial charge in [-0.05, 0) is 67.6 Å². The molecule has 0 saturated carbocycles. The highest BCUT2D eigenvalue weighted by atomic mass is 19.3. The van der Waals surface area contributed by atoms with Crippen LogP contribution in [-0.2, 0) is 17.6 Å². The molecule has 1 heterocycles. The lowest BCUT2D eigenvalue weighted by molar-refractivity contribution is -0.155. The summed E-state index contributed by atoms with van der Waals surface area (Å²) in [5.74, 6) is -6.81. The van der Waals surface area contributed by atoms with E-state index in [1.54, 1.807) is 12.1 Å². The number of alkyl halides is 2. The number of nitrogens with zero attached hydrogens (tertiary/aromatic N) is 1. The van der Waals surface area contributed by atoms with Gasteiger partial charge in [-0.3, -0.25) is 4.79 Å². The van der Waals surface area contributed by atoms with E-state index in [1.165, 1.54) is 19.2 Å². The fourth-order valence-corrected chi connectivity index (χ4v) is 4.83. The second-order valence-electron chi connectivity index (χ2n) is 8.92. The Hall–Kier alpha value is -2.58. The molecule has 178 valence electrons. The molecule has 1 fully saturated rings. The van der Waals surface area contributed by atoms with Gasteiger partial charge in [0.2, 0.25) is 0 Å². The van der Waals surface area contributed by atoms with Gasteiger partial charge in [0.25, 0.3) is 5.91 Å². The van der Waals surface area contributed by atoms with Gasteiger partial charge < -0.3 is 20.1 Å². The molecule has 2 atom stereocenters. The molecule has 1 saturated heterocycles. The van der Waals surface area contributed by atoms with Crippen LogP contribution in [0, 0.1) is 11.7 Å². The van der Waals surface area contributed by atoms with E-state index in [9.17, 15) is 14.3 Å². The van der Waals surface area contributed by atoms with Crippen LogP contribution in [0.3, 0.4) is 0 Å². The number of hydrogen-bond donors (Lipinski definition) is 2. The van der Waals surface area contributed by atoms with E-state index in [1.807, 2.05) is 17.0 Å². The van der Waals surface area contributed by atoms with Gasteiger partial charge in [0, 0.05) is 12.5 Å². The largest absolute Gasteiger partial charge is 0.494 e. The third kappa shape index (κ3) is 5.01. The third-order valence-electron chi connectivity index (χ3n) is 6.74. The standard InChI is InChI=1S/C25H29F3N2O3/c1-33-22-9-8-18(14-20(22)26)23(31)21(15-30-10-4-5-11-30)29-24(32)25(27,28)19-12-16-6-2-3-7-17(16)13-19/h2-3,6-9,14,19,21,23,31H,4-5,10-13,15H2,1H3,(H,29,32)/t21-,23-/m1/s1. The summed E-state index contributed by atoms with van der Waals surface area (Å²) >= 11 is 0. The predicted octanol–water partition coefficient (Wildman–Crippen LogP) is 3.50. The Bertz CT molecular complexity index is 970. The molecule has 1 aliphatic heterocycles. The molecule has 0 aromatic heterocycles. The van der Waals surface area contributed by atoms with E-state index >= 15 is 8.78 Å². The average molecular weight is 463 g/mol. The number of rotatable bonds is 8. The fourth-order valence-electron chi connectivity index (χ4n) is 4.83. The number of nitrogens with one attached hydrogen (secondary N) is 1. The van der Waals surface area contributed by atoms with Crippen molar-refractivity contribution in [1.82, 2.24) is 10.2 Å². The van der Waals surface area contributed by atoms with Crippen LogP contribution < -0.4 is 10.1 Å². The summed E-state index contributed by atoms with van der Waals surface area (Å²) in [7, 11) is 1.33. The number of benzene rings is 2. The summed E-state index contributed by atoms with van der Waals surface area (Å²) in [5.41, 5.74) is 1.85. The van der Waals surface area contributed by atoms with Crippen LogP contribution in [0.1, 0.15) is 35.6 Å². The Labute approximate surface area is 191 Å². The summed E-state index contributed by atoms with van der Waals surface area (Å²) in [6.07, 6.45) is 0.820. The lowest BCUT2D eigenvalue weighted by atomic mass is 9.95. The first-order chi connectivity index (χ1) is 15.8. The first-order valence-electron chi connectivity index (χ1n) is 11.3. The number of aliphatic hydroxyl groups excluding tert-OH is 1. The Morgan fingerprint density at radius 2 is 1.82 bits per heavy atom. The third-order valence-corrected chi connectivity index (χ3v) is 6.74. The van der Waals surface area contributed by atoms with Crippen LogP contribution in [0.5, 0.6) is 5.75 Å². The smallest absolute Gasteiger partial charge is 0.327 e. The van der Waals surface area contributed by atoms with Gasteiger partial charge in [-0.2, -0.15) is 8.78 Å². The summed E-state index contributed by atoms with van der Waals surface area (Å²) in [4.78, 5) is 14.8. The van der Waals surface area contributed by atoms with Gasteiger partial charge in [-0.25, -0.2) is 4.39 Å². The molecule has 0 spiro atoms. The number of hydrogen-bond acceptors (Lipinski definition) is 4. The van der Waals surface area contributed by atoms with E-state index < -0.39 is 35.7 Å². The summed E-state index contributed by atoms with van der Waals surface area (Å²) in [5, 5.41) is 13.4. The molecule has 0 unspecified atom stereocenters. The van der Waals surface area contributed by atoms with Crippen LogP contribution in [0.15, 0.2) is 42.5 Å². The minimum atomic E-state index is -3.60. The van der Waals surface area contributed by atoms with E-state index in [0.29, 0.717) is 0 Å². The SMILES string of the molecule is COc1ccc([C@@H](O)[C@@H](CN2CCCC2)NC(=O)C(F)(F)C2Cc3ccccc3C2)cc1F. The Kier molecular flexibility index (Phi) is 6.95. The quantitative estimate of drug-likeness (QED) is 0.631. The number of fused-ring (bicyclic) bond motifs is 1. The van der Waals surface area contributed by atoms with Gasteiger partial charge >= 0.3 is 5.92 Å². The average Bonchev–Trinajstić information content (AvgIpc) is 3.48.